The minimum absolute atomic E-state index is 0.0114. The molecule has 1 fully saturated rings. The highest BCUT2D eigenvalue weighted by atomic mass is 79.9. The van der Waals surface area contributed by atoms with Gasteiger partial charge in [-0.3, -0.25) is 4.79 Å². The van der Waals surface area contributed by atoms with E-state index in [1.54, 1.807) is 6.07 Å². The van der Waals surface area contributed by atoms with Gasteiger partial charge < -0.3 is 15.5 Å². The molecule has 0 saturated carbocycles. The molecule has 1 aromatic carbocycles. The van der Waals surface area contributed by atoms with Gasteiger partial charge in [0, 0.05) is 24.1 Å². The van der Waals surface area contributed by atoms with Crippen molar-refractivity contribution in [1.82, 2.24) is 4.90 Å². The van der Waals surface area contributed by atoms with Crippen LogP contribution < -0.4 is 10.6 Å². The van der Waals surface area contributed by atoms with Crippen molar-refractivity contribution in [1.29, 1.82) is 0 Å². The standard InChI is InChI=1S/C15H21BrFN3O/c1-3-19(2)8-10-4-5-20(9-10)13-7-11(16)6-12(17)14(13)15(18)21/h6-7,10H,3-5,8-9H2,1-2H3,(H2,18,21). The number of hydrogen-bond acceptors (Lipinski definition) is 3. The number of carbonyl (C=O) groups excluding carboxylic acids is 1. The predicted octanol–water partition coefficient (Wildman–Crippen LogP) is 2.47. The molecule has 0 spiro atoms. The fraction of sp³-hybridized carbons (Fsp3) is 0.533. The van der Waals surface area contributed by atoms with E-state index in [1.165, 1.54) is 6.07 Å². The summed E-state index contributed by atoms with van der Waals surface area (Å²) in [6, 6.07) is 3.05. The van der Waals surface area contributed by atoms with E-state index in [2.05, 4.69) is 39.7 Å². The van der Waals surface area contributed by atoms with Gasteiger partial charge in [-0.25, -0.2) is 4.39 Å². The predicted molar refractivity (Wildman–Crippen MR) is 86.1 cm³/mol. The summed E-state index contributed by atoms with van der Waals surface area (Å²) in [5.41, 5.74) is 5.92. The number of rotatable bonds is 5. The SMILES string of the molecule is CCN(C)CC1CCN(c2cc(Br)cc(F)c2C(N)=O)C1. The Hall–Kier alpha value is -1.14. The van der Waals surface area contributed by atoms with Gasteiger partial charge in [-0.05, 0) is 38.1 Å². The fourth-order valence-electron chi connectivity index (χ4n) is 2.82. The first-order chi connectivity index (χ1) is 9.92. The van der Waals surface area contributed by atoms with Crippen LogP contribution in [0, 0.1) is 11.7 Å². The van der Waals surface area contributed by atoms with E-state index in [0.29, 0.717) is 16.1 Å². The van der Waals surface area contributed by atoms with Gasteiger partial charge in [-0.2, -0.15) is 0 Å². The first kappa shape index (κ1) is 16.2. The second kappa shape index (κ2) is 6.75. The van der Waals surface area contributed by atoms with Gasteiger partial charge >= 0.3 is 0 Å². The summed E-state index contributed by atoms with van der Waals surface area (Å²) in [5, 5.41) is 0. The molecule has 1 aliphatic heterocycles. The van der Waals surface area contributed by atoms with Crippen molar-refractivity contribution < 1.29 is 9.18 Å². The number of carbonyl (C=O) groups is 1. The lowest BCUT2D eigenvalue weighted by molar-refractivity contribution is 0.0997. The molecule has 1 heterocycles. The van der Waals surface area contributed by atoms with Crippen LogP contribution in [0.25, 0.3) is 0 Å². The molecule has 1 unspecified atom stereocenters. The third kappa shape index (κ3) is 3.74. The Morgan fingerprint density at radius 3 is 2.90 bits per heavy atom. The van der Waals surface area contributed by atoms with Crippen LogP contribution in [0.4, 0.5) is 10.1 Å². The fourth-order valence-corrected chi connectivity index (χ4v) is 3.24. The van der Waals surface area contributed by atoms with Gasteiger partial charge in [0.25, 0.3) is 5.91 Å². The summed E-state index contributed by atoms with van der Waals surface area (Å²) in [5.74, 6) is -0.761. The number of nitrogens with zero attached hydrogens (tertiary/aromatic N) is 2. The quantitative estimate of drug-likeness (QED) is 0.880. The number of hydrogen-bond donors (Lipinski definition) is 1. The monoisotopic (exact) mass is 357 g/mol. The molecule has 1 aromatic rings. The summed E-state index contributed by atoms with van der Waals surface area (Å²) >= 11 is 3.28. The highest BCUT2D eigenvalue weighted by molar-refractivity contribution is 9.10. The number of benzene rings is 1. The summed E-state index contributed by atoms with van der Waals surface area (Å²) in [7, 11) is 2.09. The molecular formula is C15H21BrFN3O. The molecule has 116 valence electrons. The molecule has 1 atom stereocenters. The van der Waals surface area contributed by atoms with E-state index in [9.17, 15) is 9.18 Å². The lowest BCUT2D eigenvalue weighted by atomic mass is 10.1. The van der Waals surface area contributed by atoms with Crippen LogP contribution in [0.3, 0.4) is 0 Å². The first-order valence-electron chi connectivity index (χ1n) is 7.14. The van der Waals surface area contributed by atoms with Crippen LogP contribution in [-0.2, 0) is 0 Å². The molecule has 0 aliphatic carbocycles. The van der Waals surface area contributed by atoms with Crippen molar-refractivity contribution >= 4 is 27.5 Å². The zero-order valence-electron chi connectivity index (χ0n) is 12.4. The maximum atomic E-state index is 14.0. The Balaban J connectivity index is 2.21. The van der Waals surface area contributed by atoms with Gasteiger partial charge in [-0.15, -0.1) is 0 Å². The Kier molecular flexibility index (Phi) is 5.22. The maximum absolute atomic E-state index is 14.0. The molecule has 21 heavy (non-hydrogen) atoms. The largest absolute Gasteiger partial charge is 0.370 e. The number of nitrogens with two attached hydrogens (primary N) is 1. The summed E-state index contributed by atoms with van der Waals surface area (Å²) in [6.45, 7) is 5.78. The highest BCUT2D eigenvalue weighted by Crippen LogP contribution is 2.31. The van der Waals surface area contributed by atoms with Crippen molar-refractivity contribution in [3.8, 4) is 0 Å². The summed E-state index contributed by atoms with van der Waals surface area (Å²) in [6.07, 6.45) is 1.04. The average Bonchev–Trinajstić information content (AvgIpc) is 2.85. The molecule has 6 heteroatoms. The van der Waals surface area contributed by atoms with Gasteiger partial charge in [-0.1, -0.05) is 22.9 Å². The highest BCUT2D eigenvalue weighted by Gasteiger charge is 2.27. The van der Waals surface area contributed by atoms with Gasteiger partial charge in [0.2, 0.25) is 0 Å². The molecule has 2 N–H and O–H groups in total. The van der Waals surface area contributed by atoms with E-state index in [0.717, 1.165) is 32.6 Å². The Labute approximate surface area is 133 Å². The smallest absolute Gasteiger partial charge is 0.253 e. The van der Waals surface area contributed by atoms with Crippen molar-refractivity contribution in [2.45, 2.75) is 13.3 Å². The average molecular weight is 358 g/mol. The van der Waals surface area contributed by atoms with E-state index >= 15 is 0 Å². The first-order valence-corrected chi connectivity index (χ1v) is 7.94. The molecular weight excluding hydrogens is 337 g/mol. The molecule has 2 rings (SSSR count). The third-order valence-electron chi connectivity index (χ3n) is 4.02. The molecule has 1 amide bonds. The van der Waals surface area contributed by atoms with Crippen molar-refractivity contribution in [2.24, 2.45) is 11.7 Å². The van der Waals surface area contributed by atoms with E-state index in [-0.39, 0.29) is 5.56 Å². The van der Waals surface area contributed by atoms with E-state index < -0.39 is 11.7 Å². The summed E-state index contributed by atoms with van der Waals surface area (Å²) in [4.78, 5) is 15.9. The van der Waals surface area contributed by atoms with Crippen LogP contribution in [0.15, 0.2) is 16.6 Å². The second-order valence-electron chi connectivity index (χ2n) is 5.60. The number of anilines is 1. The molecule has 4 nitrogen and oxygen atoms in total. The van der Waals surface area contributed by atoms with E-state index in [4.69, 9.17) is 5.73 Å². The van der Waals surface area contributed by atoms with Crippen LogP contribution in [0.2, 0.25) is 0 Å². The van der Waals surface area contributed by atoms with Gasteiger partial charge in [0.1, 0.15) is 5.82 Å². The van der Waals surface area contributed by atoms with Crippen LogP contribution >= 0.6 is 15.9 Å². The third-order valence-corrected chi connectivity index (χ3v) is 4.47. The molecule has 1 aliphatic rings. The van der Waals surface area contributed by atoms with Crippen LogP contribution in [-0.4, -0.2) is 44.0 Å². The second-order valence-corrected chi connectivity index (χ2v) is 6.52. The Bertz CT molecular complexity index is 538. The maximum Gasteiger partial charge on any atom is 0.253 e. The van der Waals surface area contributed by atoms with Crippen molar-refractivity contribution in [2.75, 3.05) is 38.1 Å². The number of primary amides is 1. The van der Waals surface area contributed by atoms with Crippen LogP contribution in [0.1, 0.15) is 23.7 Å². The lowest BCUT2D eigenvalue weighted by Gasteiger charge is -2.23. The molecule has 0 aromatic heterocycles. The van der Waals surface area contributed by atoms with Crippen molar-refractivity contribution in [3.05, 3.63) is 28.0 Å². The zero-order valence-corrected chi connectivity index (χ0v) is 14.0. The minimum Gasteiger partial charge on any atom is -0.370 e. The van der Waals surface area contributed by atoms with Gasteiger partial charge in [0.05, 0.1) is 11.3 Å². The molecule has 0 radical (unpaired) electrons. The van der Waals surface area contributed by atoms with Gasteiger partial charge in [0.15, 0.2) is 0 Å². The number of halogens is 2. The molecule has 0 bridgehead atoms. The van der Waals surface area contributed by atoms with E-state index in [1.807, 2.05) is 0 Å². The Morgan fingerprint density at radius 2 is 2.29 bits per heavy atom. The lowest BCUT2D eigenvalue weighted by Crippen LogP contribution is -2.29. The minimum atomic E-state index is -0.718. The normalized spacial score (nSPS) is 18.5. The summed E-state index contributed by atoms with van der Waals surface area (Å²) < 4.78 is 14.6. The zero-order chi connectivity index (χ0) is 15.6. The number of amides is 1. The van der Waals surface area contributed by atoms with Crippen LogP contribution in [0.5, 0.6) is 0 Å². The topological polar surface area (TPSA) is 49.6 Å². The Morgan fingerprint density at radius 1 is 1.57 bits per heavy atom. The molecule has 1 saturated heterocycles. The van der Waals surface area contributed by atoms with Crippen molar-refractivity contribution in [3.63, 3.8) is 0 Å².